The van der Waals surface area contributed by atoms with Crippen LogP contribution in [-0.2, 0) is 0 Å². The van der Waals surface area contributed by atoms with Crippen LogP contribution in [0.3, 0.4) is 0 Å². The van der Waals surface area contributed by atoms with Crippen LogP contribution in [0.2, 0.25) is 0 Å². The summed E-state index contributed by atoms with van der Waals surface area (Å²) in [6.45, 7) is 6.13. The smallest absolute Gasteiger partial charge is 0.165 e. The molecule has 0 aliphatic carbocycles. The highest BCUT2D eigenvalue weighted by atomic mass is 79.9. The number of rotatable bonds is 3. The molecule has 0 spiro atoms. The minimum atomic E-state index is 0.867. The van der Waals surface area contributed by atoms with Gasteiger partial charge < -0.3 is 5.32 Å². The predicted octanol–water partition coefficient (Wildman–Crippen LogP) is 5.83. The summed E-state index contributed by atoms with van der Waals surface area (Å²) in [6.07, 6.45) is 0. The van der Waals surface area contributed by atoms with Gasteiger partial charge in [0.2, 0.25) is 0 Å². The first-order valence-electron chi connectivity index (χ1n) is 8.48. The zero-order chi connectivity index (χ0) is 18.3. The summed E-state index contributed by atoms with van der Waals surface area (Å²) >= 11 is 3.47. The number of aryl methyl sites for hydroxylation is 3. The second kappa shape index (κ2) is 6.57. The lowest BCUT2D eigenvalue weighted by molar-refractivity contribution is 0.917. The molecule has 2 aromatic carbocycles. The van der Waals surface area contributed by atoms with Crippen LogP contribution in [0.4, 0.5) is 11.5 Å². The average molecular weight is 407 g/mol. The first kappa shape index (κ1) is 16.8. The number of hydrogen-bond donors (Lipinski definition) is 1. The van der Waals surface area contributed by atoms with Gasteiger partial charge in [-0.1, -0.05) is 45.8 Å². The van der Waals surface area contributed by atoms with Crippen molar-refractivity contribution >= 4 is 33.1 Å². The number of nitrogens with zero attached hydrogens (tertiary/aromatic N) is 3. The van der Waals surface area contributed by atoms with E-state index in [0.29, 0.717) is 0 Å². The van der Waals surface area contributed by atoms with Crippen molar-refractivity contribution in [2.24, 2.45) is 0 Å². The van der Waals surface area contributed by atoms with E-state index in [0.717, 1.165) is 44.1 Å². The molecule has 130 valence electrons. The molecule has 0 amide bonds. The van der Waals surface area contributed by atoms with E-state index in [2.05, 4.69) is 52.4 Å². The molecule has 0 radical (unpaired) electrons. The van der Waals surface area contributed by atoms with Gasteiger partial charge in [0.1, 0.15) is 5.82 Å². The second-order valence-corrected chi connectivity index (χ2v) is 7.39. The summed E-state index contributed by atoms with van der Waals surface area (Å²) in [5.74, 6) is 0.899. The normalized spacial score (nSPS) is 11.1. The van der Waals surface area contributed by atoms with Crippen LogP contribution in [-0.4, -0.2) is 14.6 Å². The molecule has 0 saturated heterocycles. The van der Waals surface area contributed by atoms with E-state index < -0.39 is 0 Å². The van der Waals surface area contributed by atoms with Gasteiger partial charge in [-0.2, -0.15) is 9.61 Å². The van der Waals surface area contributed by atoms with E-state index in [1.807, 2.05) is 48.7 Å². The van der Waals surface area contributed by atoms with Gasteiger partial charge in [-0.05, 0) is 50.6 Å². The molecule has 2 heterocycles. The van der Waals surface area contributed by atoms with Crippen molar-refractivity contribution in [2.75, 3.05) is 5.32 Å². The van der Waals surface area contributed by atoms with E-state index in [4.69, 9.17) is 10.1 Å². The van der Waals surface area contributed by atoms with Gasteiger partial charge >= 0.3 is 0 Å². The van der Waals surface area contributed by atoms with Crippen LogP contribution in [0.1, 0.15) is 17.0 Å². The van der Waals surface area contributed by atoms with Crippen molar-refractivity contribution in [3.63, 3.8) is 0 Å². The van der Waals surface area contributed by atoms with Gasteiger partial charge in [0.25, 0.3) is 0 Å². The molecule has 4 nitrogen and oxygen atoms in total. The fraction of sp³-hybridized carbons (Fsp3) is 0.143. The minimum Gasteiger partial charge on any atom is -0.340 e. The lowest BCUT2D eigenvalue weighted by Crippen LogP contribution is -2.02. The van der Waals surface area contributed by atoms with E-state index in [9.17, 15) is 0 Å². The van der Waals surface area contributed by atoms with Crippen molar-refractivity contribution in [1.82, 2.24) is 14.6 Å². The zero-order valence-corrected chi connectivity index (χ0v) is 16.5. The van der Waals surface area contributed by atoms with Crippen molar-refractivity contribution < 1.29 is 0 Å². The maximum atomic E-state index is 4.76. The fourth-order valence-electron chi connectivity index (χ4n) is 3.07. The lowest BCUT2D eigenvalue weighted by Gasteiger charge is -2.10. The Morgan fingerprint density at radius 3 is 2.31 bits per heavy atom. The third kappa shape index (κ3) is 3.10. The Hall–Kier alpha value is -2.66. The third-order valence-corrected chi connectivity index (χ3v) is 4.88. The molecule has 5 heteroatoms. The molecule has 0 aliphatic rings. The monoisotopic (exact) mass is 406 g/mol. The second-order valence-electron chi connectivity index (χ2n) is 6.48. The van der Waals surface area contributed by atoms with Crippen molar-refractivity contribution in [3.05, 3.63) is 76.0 Å². The van der Waals surface area contributed by atoms with Gasteiger partial charge in [0, 0.05) is 27.5 Å². The SMILES string of the molecule is Cc1ccc(-c2c(C)nn3c(Nc4ccc(Br)cc4)cc(C)nc23)cc1. The molecule has 0 fully saturated rings. The first-order chi connectivity index (χ1) is 12.5. The van der Waals surface area contributed by atoms with Gasteiger partial charge in [0.15, 0.2) is 5.65 Å². The van der Waals surface area contributed by atoms with Crippen LogP contribution in [0.25, 0.3) is 16.8 Å². The molecule has 0 aliphatic heterocycles. The largest absolute Gasteiger partial charge is 0.340 e. The Kier molecular flexibility index (Phi) is 4.24. The van der Waals surface area contributed by atoms with Crippen LogP contribution in [0.5, 0.6) is 0 Å². The van der Waals surface area contributed by atoms with Crippen molar-refractivity contribution in [2.45, 2.75) is 20.8 Å². The van der Waals surface area contributed by atoms with E-state index >= 15 is 0 Å². The van der Waals surface area contributed by atoms with Crippen LogP contribution < -0.4 is 5.32 Å². The zero-order valence-electron chi connectivity index (χ0n) is 14.9. The molecule has 0 atom stereocenters. The number of hydrogen-bond acceptors (Lipinski definition) is 3. The van der Waals surface area contributed by atoms with Crippen LogP contribution >= 0.6 is 15.9 Å². The van der Waals surface area contributed by atoms with Crippen LogP contribution in [0.15, 0.2) is 59.1 Å². The van der Waals surface area contributed by atoms with E-state index in [1.54, 1.807) is 0 Å². The van der Waals surface area contributed by atoms with Crippen molar-refractivity contribution in [1.29, 1.82) is 0 Å². The quantitative estimate of drug-likeness (QED) is 0.465. The summed E-state index contributed by atoms with van der Waals surface area (Å²) in [7, 11) is 0. The molecule has 4 rings (SSSR count). The molecular formula is C21H19BrN4. The molecule has 0 saturated carbocycles. The molecule has 26 heavy (non-hydrogen) atoms. The summed E-state index contributed by atoms with van der Waals surface area (Å²) in [4.78, 5) is 4.76. The van der Waals surface area contributed by atoms with Gasteiger partial charge in [-0.25, -0.2) is 4.98 Å². The Bertz CT molecular complexity index is 1080. The van der Waals surface area contributed by atoms with Crippen LogP contribution in [0, 0.1) is 20.8 Å². The summed E-state index contributed by atoms with van der Waals surface area (Å²) in [6, 6.07) is 18.6. The molecule has 4 aromatic rings. The molecule has 2 aromatic heterocycles. The molecule has 1 N–H and O–H groups in total. The highest BCUT2D eigenvalue weighted by Gasteiger charge is 2.16. The molecular weight excluding hydrogens is 388 g/mol. The predicted molar refractivity (Wildman–Crippen MR) is 110 cm³/mol. The Balaban J connectivity index is 1.86. The summed E-state index contributed by atoms with van der Waals surface area (Å²) in [5, 5.41) is 8.20. The highest BCUT2D eigenvalue weighted by molar-refractivity contribution is 9.10. The molecule has 0 unspecified atom stereocenters. The number of anilines is 2. The number of halogens is 1. The minimum absolute atomic E-state index is 0.867. The van der Waals surface area contributed by atoms with Gasteiger partial charge in [-0.15, -0.1) is 0 Å². The molecule has 0 bridgehead atoms. The highest BCUT2D eigenvalue weighted by Crippen LogP contribution is 2.30. The Labute approximate surface area is 161 Å². The van der Waals surface area contributed by atoms with Gasteiger partial charge in [-0.3, -0.25) is 0 Å². The summed E-state index contributed by atoms with van der Waals surface area (Å²) < 4.78 is 2.94. The maximum Gasteiger partial charge on any atom is 0.165 e. The average Bonchev–Trinajstić information content (AvgIpc) is 2.94. The number of benzene rings is 2. The Morgan fingerprint density at radius 2 is 1.62 bits per heavy atom. The van der Waals surface area contributed by atoms with E-state index in [-0.39, 0.29) is 0 Å². The van der Waals surface area contributed by atoms with Gasteiger partial charge in [0.05, 0.1) is 5.69 Å². The van der Waals surface area contributed by atoms with Crippen molar-refractivity contribution in [3.8, 4) is 11.1 Å². The number of aromatic nitrogens is 3. The first-order valence-corrected chi connectivity index (χ1v) is 9.27. The fourth-order valence-corrected chi connectivity index (χ4v) is 3.34. The third-order valence-electron chi connectivity index (χ3n) is 4.35. The topological polar surface area (TPSA) is 42.2 Å². The maximum absolute atomic E-state index is 4.76. The van der Waals surface area contributed by atoms with E-state index in [1.165, 1.54) is 5.56 Å². The number of fused-ring (bicyclic) bond motifs is 1. The Morgan fingerprint density at radius 1 is 0.923 bits per heavy atom. The number of nitrogens with one attached hydrogen (secondary N) is 1. The lowest BCUT2D eigenvalue weighted by atomic mass is 10.0. The summed E-state index contributed by atoms with van der Waals surface area (Å²) in [5.41, 5.74) is 7.24. The standard InChI is InChI=1S/C21H19BrN4/c1-13-4-6-16(7-5-13)20-15(3)25-26-19(12-14(2)23-21(20)26)24-18-10-8-17(22)9-11-18/h4-12,24H,1-3H3.